The molecule has 1 N–H and O–H groups in total. The number of fused-ring (bicyclic) bond motifs is 1. The quantitative estimate of drug-likeness (QED) is 0.654. The minimum atomic E-state index is -0.404. The zero-order valence-electron chi connectivity index (χ0n) is 17.8. The molecule has 2 aliphatic heterocycles. The van der Waals surface area contributed by atoms with Gasteiger partial charge < -0.3 is 24.4 Å². The van der Waals surface area contributed by atoms with Crippen molar-refractivity contribution in [3.63, 3.8) is 0 Å². The summed E-state index contributed by atoms with van der Waals surface area (Å²) in [6.07, 6.45) is 2.84. The zero-order valence-corrected chi connectivity index (χ0v) is 17.8. The zero-order chi connectivity index (χ0) is 21.6. The highest BCUT2D eigenvalue weighted by molar-refractivity contribution is 6.00. The number of benzene rings is 2. The van der Waals surface area contributed by atoms with Crippen LogP contribution in [0.2, 0.25) is 0 Å². The van der Waals surface area contributed by atoms with Crippen LogP contribution in [0, 0.1) is 6.92 Å². The first-order valence-electron chi connectivity index (χ1n) is 10.8. The van der Waals surface area contributed by atoms with Gasteiger partial charge in [-0.05, 0) is 68.5 Å². The lowest BCUT2D eigenvalue weighted by Gasteiger charge is -2.30. The Kier molecular flexibility index (Phi) is 6.72. The van der Waals surface area contributed by atoms with Crippen LogP contribution in [0.1, 0.15) is 31.2 Å². The fourth-order valence-corrected chi connectivity index (χ4v) is 3.80. The number of rotatable bonds is 8. The Balaban J connectivity index is 1.34. The van der Waals surface area contributed by atoms with Gasteiger partial charge in [-0.25, -0.2) is 0 Å². The first-order chi connectivity index (χ1) is 15.1. The normalized spacial score (nSPS) is 17.8. The fraction of sp³-hybridized carbons (Fsp3) is 0.417. The summed E-state index contributed by atoms with van der Waals surface area (Å²) in [5, 5.41) is 2.89. The van der Waals surface area contributed by atoms with E-state index in [0.29, 0.717) is 36.9 Å². The lowest BCUT2D eigenvalue weighted by atomic mass is 10.1. The number of hydrogen-bond donors (Lipinski definition) is 1. The molecule has 0 radical (unpaired) electrons. The molecule has 7 nitrogen and oxygen atoms in total. The van der Waals surface area contributed by atoms with Crippen molar-refractivity contribution >= 4 is 23.2 Å². The number of carbonyl (C=O) groups excluding carboxylic acids is 2. The van der Waals surface area contributed by atoms with Crippen LogP contribution in [-0.4, -0.2) is 44.3 Å². The number of amides is 2. The predicted molar refractivity (Wildman–Crippen MR) is 118 cm³/mol. The Hall–Kier alpha value is -3.06. The molecular weight excluding hydrogens is 396 g/mol. The van der Waals surface area contributed by atoms with Crippen molar-refractivity contribution in [2.45, 2.75) is 38.7 Å². The lowest BCUT2D eigenvalue weighted by molar-refractivity contribution is -0.124. The van der Waals surface area contributed by atoms with Gasteiger partial charge in [-0.2, -0.15) is 0 Å². The summed E-state index contributed by atoms with van der Waals surface area (Å²) in [5.41, 5.74) is 2.47. The van der Waals surface area contributed by atoms with E-state index in [2.05, 4.69) is 5.32 Å². The minimum absolute atomic E-state index is 0.0222. The summed E-state index contributed by atoms with van der Waals surface area (Å²) in [6, 6.07) is 13.3. The highest BCUT2D eigenvalue weighted by Gasteiger charge is 2.27. The van der Waals surface area contributed by atoms with Crippen LogP contribution >= 0.6 is 0 Å². The molecule has 2 aliphatic rings. The first kappa shape index (κ1) is 21.2. The van der Waals surface area contributed by atoms with Crippen molar-refractivity contribution in [2.24, 2.45) is 0 Å². The van der Waals surface area contributed by atoms with Gasteiger partial charge in [-0.3, -0.25) is 9.59 Å². The van der Waals surface area contributed by atoms with E-state index in [1.165, 1.54) is 0 Å². The molecule has 31 heavy (non-hydrogen) atoms. The summed E-state index contributed by atoms with van der Waals surface area (Å²) in [6.45, 7) is 3.83. The van der Waals surface area contributed by atoms with Crippen LogP contribution in [0.25, 0.3) is 0 Å². The molecule has 0 aromatic heterocycles. The van der Waals surface area contributed by atoms with Crippen molar-refractivity contribution in [2.75, 3.05) is 36.6 Å². The van der Waals surface area contributed by atoms with E-state index in [4.69, 9.17) is 14.2 Å². The molecule has 1 fully saturated rings. The Morgan fingerprint density at radius 2 is 2.13 bits per heavy atom. The van der Waals surface area contributed by atoms with Crippen LogP contribution in [0.5, 0.6) is 11.5 Å². The van der Waals surface area contributed by atoms with E-state index in [1.807, 2.05) is 31.2 Å². The monoisotopic (exact) mass is 424 g/mol. The average Bonchev–Trinajstić information content (AvgIpc) is 3.30. The van der Waals surface area contributed by atoms with Gasteiger partial charge in [0.05, 0.1) is 12.3 Å². The van der Waals surface area contributed by atoms with Gasteiger partial charge in [-0.15, -0.1) is 0 Å². The van der Waals surface area contributed by atoms with Crippen LogP contribution in [0.3, 0.4) is 0 Å². The van der Waals surface area contributed by atoms with E-state index in [-0.39, 0.29) is 18.4 Å². The molecule has 0 spiro atoms. The van der Waals surface area contributed by atoms with Gasteiger partial charge in [0.15, 0.2) is 6.61 Å². The number of carbonyl (C=O) groups is 2. The molecule has 0 aliphatic carbocycles. The smallest absolute Gasteiger partial charge is 0.265 e. The largest absolute Gasteiger partial charge is 0.494 e. The second-order valence-corrected chi connectivity index (χ2v) is 7.88. The molecule has 2 aromatic carbocycles. The number of hydrogen-bond acceptors (Lipinski definition) is 5. The van der Waals surface area contributed by atoms with Gasteiger partial charge in [0, 0.05) is 18.8 Å². The van der Waals surface area contributed by atoms with E-state index in [9.17, 15) is 9.59 Å². The van der Waals surface area contributed by atoms with Crippen molar-refractivity contribution < 1.29 is 23.8 Å². The second kappa shape index (κ2) is 9.83. The van der Waals surface area contributed by atoms with Crippen molar-refractivity contribution in [3.05, 3.63) is 48.0 Å². The van der Waals surface area contributed by atoms with E-state index < -0.39 is 6.10 Å². The number of aryl methyl sites for hydroxylation is 1. The molecule has 1 saturated heterocycles. The van der Waals surface area contributed by atoms with Crippen LogP contribution in [0.4, 0.5) is 11.4 Å². The third kappa shape index (κ3) is 5.35. The highest BCUT2D eigenvalue weighted by atomic mass is 16.5. The molecular formula is C24H28N2O5. The Morgan fingerprint density at radius 1 is 1.23 bits per heavy atom. The number of ether oxygens (including phenoxy) is 3. The minimum Gasteiger partial charge on any atom is -0.494 e. The summed E-state index contributed by atoms with van der Waals surface area (Å²) in [5.74, 6) is 1.26. The van der Waals surface area contributed by atoms with Gasteiger partial charge in [0.1, 0.15) is 17.6 Å². The fourth-order valence-electron chi connectivity index (χ4n) is 3.80. The Morgan fingerprint density at radius 3 is 2.94 bits per heavy atom. The van der Waals surface area contributed by atoms with Crippen LogP contribution in [0.15, 0.2) is 42.5 Å². The molecule has 2 aromatic rings. The maximum absolute atomic E-state index is 12.5. The van der Waals surface area contributed by atoms with E-state index in [0.717, 1.165) is 37.0 Å². The molecule has 4 rings (SSSR count). The third-order valence-electron chi connectivity index (χ3n) is 5.43. The molecule has 0 saturated carbocycles. The van der Waals surface area contributed by atoms with Crippen LogP contribution < -0.4 is 19.7 Å². The number of nitrogens with zero attached hydrogens (tertiary/aromatic N) is 1. The molecule has 2 amide bonds. The molecule has 164 valence electrons. The SMILES string of the molecule is Cc1cccc(OCCCCN2C(=O)COc3ccc(NC(=O)C4CCCO4)cc32)c1. The molecule has 1 atom stereocenters. The summed E-state index contributed by atoms with van der Waals surface area (Å²) < 4.78 is 16.8. The topological polar surface area (TPSA) is 77.1 Å². The molecule has 0 bridgehead atoms. The van der Waals surface area contributed by atoms with Crippen molar-refractivity contribution in [3.8, 4) is 11.5 Å². The second-order valence-electron chi connectivity index (χ2n) is 7.88. The maximum atomic E-state index is 12.5. The number of anilines is 2. The molecule has 1 unspecified atom stereocenters. The predicted octanol–water partition coefficient (Wildman–Crippen LogP) is 3.70. The molecule has 2 heterocycles. The van der Waals surface area contributed by atoms with E-state index in [1.54, 1.807) is 23.1 Å². The number of unbranched alkanes of at least 4 members (excludes halogenated alkanes) is 1. The van der Waals surface area contributed by atoms with Gasteiger partial charge in [-0.1, -0.05) is 12.1 Å². The Labute approximate surface area is 182 Å². The summed E-state index contributed by atoms with van der Waals surface area (Å²) in [4.78, 5) is 26.6. The average molecular weight is 424 g/mol. The lowest BCUT2D eigenvalue weighted by Crippen LogP contribution is -2.39. The maximum Gasteiger partial charge on any atom is 0.265 e. The number of nitrogens with one attached hydrogen (secondary N) is 1. The first-order valence-corrected chi connectivity index (χ1v) is 10.8. The van der Waals surface area contributed by atoms with Gasteiger partial charge in [0.2, 0.25) is 0 Å². The summed E-state index contributed by atoms with van der Waals surface area (Å²) in [7, 11) is 0. The highest BCUT2D eigenvalue weighted by Crippen LogP contribution is 2.35. The van der Waals surface area contributed by atoms with Crippen LogP contribution in [-0.2, 0) is 14.3 Å². The van der Waals surface area contributed by atoms with Crippen molar-refractivity contribution in [1.29, 1.82) is 0 Å². The summed E-state index contributed by atoms with van der Waals surface area (Å²) >= 11 is 0. The van der Waals surface area contributed by atoms with Crippen molar-refractivity contribution in [1.82, 2.24) is 0 Å². The van der Waals surface area contributed by atoms with Gasteiger partial charge >= 0.3 is 0 Å². The van der Waals surface area contributed by atoms with Gasteiger partial charge in [0.25, 0.3) is 11.8 Å². The molecule has 7 heteroatoms. The standard InChI is InChI=1S/C24H28N2O5/c1-17-6-4-7-19(14-17)29-12-3-2-11-26-20-15-18(9-10-21(20)31-16-23(26)27)25-24(28)22-8-5-13-30-22/h4,6-7,9-10,14-15,22H,2-3,5,8,11-13,16H2,1H3,(H,25,28). The third-order valence-corrected chi connectivity index (χ3v) is 5.43. The van der Waals surface area contributed by atoms with E-state index >= 15 is 0 Å². The Bertz CT molecular complexity index is 939.